The van der Waals surface area contributed by atoms with Crippen molar-refractivity contribution in [1.29, 1.82) is 5.26 Å². The zero-order valence-corrected chi connectivity index (χ0v) is 10.1. The molecule has 0 unspecified atom stereocenters. The van der Waals surface area contributed by atoms with Gasteiger partial charge in [-0.2, -0.15) is 5.26 Å². The number of carbonyl (C=O) groups is 1. The fourth-order valence-electron chi connectivity index (χ4n) is 2.68. The Bertz CT molecular complexity index is 663. The second-order valence-electron chi connectivity index (χ2n) is 4.62. The van der Waals surface area contributed by atoms with Gasteiger partial charge in [0.1, 0.15) is 5.60 Å². The smallest absolute Gasteiger partial charge is 0.193 e. The molecule has 2 aromatic carbocycles. The number of benzene rings is 2. The minimum absolute atomic E-state index is 0.0751. The lowest BCUT2D eigenvalue weighted by Gasteiger charge is -2.34. The van der Waals surface area contributed by atoms with E-state index < -0.39 is 5.60 Å². The summed E-state index contributed by atoms with van der Waals surface area (Å²) in [5, 5.41) is 19.9. The predicted molar refractivity (Wildman–Crippen MR) is 69.5 cm³/mol. The molecule has 92 valence electrons. The van der Waals surface area contributed by atoms with Crippen LogP contribution in [0.4, 0.5) is 0 Å². The van der Waals surface area contributed by atoms with E-state index in [9.17, 15) is 9.90 Å². The van der Waals surface area contributed by atoms with Gasteiger partial charge in [0.2, 0.25) is 0 Å². The maximum absolute atomic E-state index is 12.4. The zero-order valence-electron chi connectivity index (χ0n) is 10.1. The van der Waals surface area contributed by atoms with Crippen LogP contribution >= 0.6 is 0 Å². The molecule has 0 saturated heterocycles. The Balaban J connectivity index is 2.37. The van der Waals surface area contributed by atoms with Gasteiger partial charge in [0, 0.05) is 22.3 Å². The van der Waals surface area contributed by atoms with Crippen LogP contribution in [0.2, 0.25) is 0 Å². The molecule has 1 aliphatic carbocycles. The first-order valence-corrected chi connectivity index (χ1v) is 6.01. The molecule has 3 rings (SSSR count). The number of hydrogen-bond donors (Lipinski definition) is 1. The summed E-state index contributed by atoms with van der Waals surface area (Å²) in [6.07, 6.45) is -0.0751. The number of nitrogens with zero attached hydrogens (tertiary/aromatic N) is 1. The Morgan fingerprint density at radius 2 is 1.47 bits per heavy atom. The summed E-state index contributed by atoms with van der Waals surface area (Å²) >= 11 is 0. The molecule has 0 atom stereocenters. The summed E-state index contributed by atoms with van der Waals surface area (Å²) in [6.45, 7) is 0. The highest BCUT2D eigenvalue weighted by Gasteiger charge is 2.41. The maximum atomic E-state index is 12.4. The highest BCUT2D eigenvalue weighted by molar-refractivity contribution is 6.13. The third-order valence-electron chi connectivity index (χ3n) is 3.57. The van der Waals surface area contributed by atoms with Crippen molar-refractivity contribution in [3.63, 3.8) is 0 Å². The lowest BCUT2D eigenvalue weighted by molar-refractivity contribution is 0.0758. The van der Waals surface area contributed by atoms with Crippen molar-refractivity contribution in [2.75, 3.05) is 0 Å². The van der Waals surface area contributed by atoms with Gasteiger partial charge in [-0.05, 0) is 0 Å². The molecule has 0 radical (unpaired) electrons. The van der Waals surface area contributed by atoms with Crippen molar-refractivity contribution in [1.82, 2.24) is 0 Å². The van der Waals surface area contributed by atoms with Crippen LogP contribution in [0.1, 0.15) is 33.5 Å². The van der Waals surface area contributed by atoms with E-state index >= 15 is 0 Å². The van der Waals surface area contributed by atoms with E-state index in [0.29, 0.717) is 22.3 Å². The van der Waals surface area contributed by atoms with Gasteiger partial charge in [-0.15, -0.1) is 0 Å². The van der Waals surface area contributed by atoms with Crippen LogP contribution in [-0.4, -0.2) is 10.9 Å². The summed E-state index contributed by atoms with van der Waals surface area (Å²) in [4.78, 5) is 12.4. The van der Waals surface area contributed by atoms with Crippen molar-refractivity contribution < 1.29 is 9.90 Å². The summed E-state index contributed by atoms with van der Waals surface area (Å²) in [5.41, 5.74) is 0.564. The van der Waals surface area contributed by atoms with Crippen molar-refractivity contribution in [3.8, 4) is 6.07 Å². The molecule has 0 fully saturated rings. The number of fused-ring (bicyclic) bond motifs is 2. The van der Waals surface area contributed by atoms with Crippen molar-refractivity contribution >= 4 is 5.78 Å². The average Bonchev–Trinajstić information content (AvgIpc) is 2.46. The summed E-state index contributed by atoms with van der Waals surface area (Å²) in [7, 11) is 0. The van der Waals surface area contributed by atoms with Crippen LogP contribution < -0.4 is 0 Å². The highest BCUT2D eigenvalue weighted by Crippen LogP contribution is 2.41. The van der Waals surface area contributed by atoms with E-state index in [1.54, 1.807) is 48.5 Å². The second kappa shape index (κ2) is 4.04. The predicted octanol–water partition coefficient (Wildman–Crippen LogP) is 2.38. The summed E-state index contributed by atoms with van der Waals surface area (Å²) in [6, 6.07) is 15.9. The number of nitriles is 1. The Hall–Kier alpha value is -2.44. The van der Waals surface area contributed by atoms with E-state index in [1.165, 1.54) is 0 Å². The Morgan fingerprint density at radius 3 is 1.95 bits per heavy atom. The van der Waals surface area contributed by atoms with Crippen LogP contribution in [-0.2, 0) is 5.60 Å². The average molecular weight is 249 g/mol. The fourth-order valence-corrected chi connectivity index (χ4v) is 2.68. The molecule has 19 heavy (non-hydrogen) atoms. The number of rotatable bonds is 1. The van der Waals surface area contributed by atoms with Gasteiger partial charge in [-0.1, -0.05) is 48.5 Å². The van der Waals surface area contributed by atoms with Crippen molar-refractivity contribution in [2.24, 2.45) is 0 Å². The van der Waals surface area contributed by atoms with E-state index in [-0.39, 0.29) is 12.2 Å². The minimum atomic E-state index is -1.41. The van der Waals surface area contributed by atoms with Gasteiger partial charge in [0.25, 0.3) is 0 Å². The third-order valence-corrected chi connectivity index (χ3v) is 3.57. The van der Waals surface area contributed by atoms with Gasteiger partial charge in [0.15, 0.2) is 5.78 Å². The normalized spacial score (nSPS) is 15.3. The topological polar surface area (TPSA) is 61.1 Å². The van der Waals surface area contributed by atoms with Crippen LogP contribution in [0.15, 0.2) is 48.5 Å². The molecule has 0 amide bonds. The fraction of sp³-hybridized carbons (Fsp3) is 0.125. The van der Waals surface area contributed by atoms with E-state index in [4.69, 9.17) is 5.26 Å². The molecule has 1 N–H and O–H groups in total. The molecule has 0 bridgehead atoms. The van der Waals surface area contributed by atoms with E-state index in [2.05, 4.69) is 0 Å². The molecule has 0 aliphatic heterocycles. The van der Waals surface area contributed by atoms with Crippen LogP contribution in [0.5, 0.6) is 0 Å². The van der Waals surface area contributed by atoms with Gasteiger partial charge >= 0.3 is 0 Å². The SMILES string of the molecule is N#CCC1(O)c2ccccc2C(=O)c2ccccc21. The lowest BCUT2D eigenvalue weighted by Crippen LogP contribution is -2.35. The van der Waals surface area contributed by atoms with E-state index in [0.717, 1.165) is 0 Å². The summed E-state index contributed by atoms with van der Waals surface area (Å²) in [5.74, 6) is -0.103. The zero-order chi connectivity index (χ0) is 13.5. The molecule has 0 aromatic heterocycles. The van der Waals surface area contributed by atoms with Crippen molar-refractivity contribution in [2.45, 2.75) is 12.0 Å². The monoisotopic (exact) mass is 249 g/mol. The van der Waals surface area contributed by atoms with Crippen molar-refractivity contribution in [3.05, 3.63) is 70.8 Å². The maximum Gasteiger partial charge on any atom is 0.193 e. The molecular formula is C16H11NO2. The molecule has 3 heteroatoms. The standard InChI is InChI=1S/C16H11NO2/c17-10-9-16(19)13-7-3-1-5-11(13)15(18)12-6-2-4-8-14(12)16/h1-8,19H,9H2. The van der Waals surface area contributed by atoms with Gasteiger partial charge in [0.05, 0.1) is 12.5 Å². The third kappa shape index (κ3) is 1.51. The molecule has 3 nitrogen and oxygen atoms in total. The Kier molecular flexibility index (Phi) is 2.48. The largest absolute Gasteiger partial charge is 0.379 e. The number of ketones is 1. The first-order valence-electron chi connectivity index (χ1n) is 6.01. The quantitative estimate of drug-likeness (QED) is 0.844. The minimum Gasteiger partial charge on any atom is -0.379 e. The number of carbonyl (C=O) groups excluding carboxylic acids is 1. The highest BCUT2D eigenvalue weighted by atomic mass is 16.3. The molecule has 0 saturated carbocycles. The number of aliphatic hydroxyl groups is 1. The lowest BCUT2D eigenvalue weighted by atomic mass is 9.73. The number of hydrogen-bond acceptors (Lipinski definition) is 3. The molecule has 0 spiro atoms. The summed E-state index contributed by atoms with van der Waals surface area (Å²) < 4.78 is 0. The van der Waals surface area contributed by atoms with Crippen LogP contribution in [0, 0.1) is 11.3 Å². The Labute approximate surface area is 110 Å². The second-order valence-corrected chi connectivity index (χ2v) is 4.62. The molecule has 0 heterocycles. The first kappa shape index (κ1) is 11.6. The van der Waals surface area contributed by atoms with Gasteiger partial charge in [-0.25, -0.2) is 0 Å². The van der Waals surface area contributed by atoms with E-state index in [1.807, 2.05) is 6.07 Å². The molecule has 2 aromatic rings. The van der Waals surface area contributed by atoms with Crippen LogP contribution in [0.3, 0.4) is 0 Å². The van der Waals surface area contributed by atoms with Crippen LogP contribution in [0.25, 0.3) is 0 Å². The van der Waals surface area contributed by atoms with Gasteiger partial charge in [-0.3, -0.25) is 4.79 Å². The first-order chi connectivity index (χ1) is 9.18. The molecule has 1 aliphatic rings. The van der Waals surface area contributed by atoms with Gasteiger partial charge < -0.3 is 5.11 Å². The molecular weight excluding hydrogens is 238 g/mol. The Morgan fingerprint density at radius 1 is 1.00 bits per heavy atom.